The van der Waals surface area contributed by atoms with Crippen molar-refractivity contribution in [1.82, 2.24) is 20.9 Å². The third-order valence-corrected chi connectivity index (χ3v) is 7.21. The Hall–Kier alpha value is -5.44. The molecule has 0 saturated heterocycles. The second kappa shape index (κ2) is 17.2. The third-order valence-electron chi connectivity index (χ3n) is 7.21. The number of carboxylic acid groups (broad SMARTS) is 2. The average molecular weight is 637 g/mol. The van der Waals surface area contributed by atoms with E-state index in [9.17, 15) is 29.1 Å². The van der Waals surface area contributed by atoms with Crippen molar-refractivity contribution < 1.29 is 34.2 Å². The number of hydrogen-bond acceptors (Lipinski definition) is 7. The van der Waals surface area contributed by atoms with E-state index < -0.39 is 60.2 Å². The van der Waals surface area contributed by atoms with E-state index in [1.165, 1.54) is 0 Å². The van der Waals surface area contributed by atoms with Crippen LogP contribution in [0.25, 0.3) is 10.9 Å². The van der Waals surface area contributed by atoms with Crippen LogP contribution in [0.1, 0.15) is 36.8 Å². The summed E-state index contributed by atoms with van der Waals surface area (Å²) in [5.41, 5.74) is 19.5. The molecule has 4 unspecified atom stereocenters. The number of aliphatic carboxylic acids is 2. The molecule has 15 heteroatoms. The van der Waals surface area contributed by atoms with E-state index in [1.807, 2.05) is 24.3 Å². The zero-order valence-electron chi connectivity index (χ0n) is 25.1. The van der Waals surface area contributed by atoms with Crippen LogP contribution in [-0.2, 0) is 36.8 Å². The van der Waals surface area contributed by atoms with Gasteiger partial charge in [0.1, 0.15) is 18.1 Å². The van der Waals surface area contributed by atoms with E-state index >= 15 is 0 Å². The molecule has 1 heterocycles. The first-order valence-corrected chi connectivity index (χ1v) is 14.7. The summed E-state index contributed by atoms with van der Waals surface area (Å²) < 4.78 is 0. The molecule has 0 fully saturated rings. The van der Waals surface area contributed by atoms with Crippen LogP contribution < -0.4 is 33.2 Å². The largest absolute Gasteiger partial charge is 0.481 e. The summed E-state index contributed by atoms with van der Waals surface area (Å²) in [7, 11) is 0. The molecule has 46 heavy (non-hydrogen) atoms. The second-order valence-electron chi connectivity index (χ2n) is 10.8. The van der Waals surface area contributed by atoms with Crippen molar-refractivity contribution in [3.8, 4) is 0 Å². The highest BCUT2D eigenvalue weighted by molar-refractivity contribution is 5.94. The van der Waals surface area contributed by atoms with Crippen LogP contribution in [0.3, 0.4) is 0 Å². The Labute approximate surface area is 265 Å². The van der Waals surface area contributed by atoms with Gasteiger partial charge in [-0.05, 0) is 42.9 Å². The fourth-order valence-corrected chi connectivity index (χ4v) is 4.81. The van der Waals surface area contributed by atoms with Gasteiger partial charge >= 0.3 is 11.9 Å². The Morgan fingerprint density at radius 2 is 1.41 bits per heavy atom. The SMILES string of the molecule is NC(N)=NCCCC(NC(=O)C(Cc1ccccc1)NC(=O)C(N)Cc1c[nH]c2ccccc12)C(=O)NC(CCC(=O)O)C(=O)O. The first-order valence-electron chi connectivity index (χ1n) is 14.7. The molecule has 4 atom stereocenters. The van der Waals surface area contributed by atoms with Crippen LogP contribution >= 0.6 is 0 Å². The van der Waals surface area contributed by atoms with Gasteiger partial charge in [-0.1, -0.05) is 48.5 Å². The maximum atomic E-state index is 13.7. The number of para-hydroxylation sites is 1. The molecule has 3 aromatic rings. The molecule has 0 bridgehead atoms. The van der Waals surface area contributed by atoms with Crippen molar-refractivity contribution in [2.45, 2.75) is 62.7 Å². The van der Waals surface area contributed by atoms with Crippen molar-refractivity contribution in [2.24, 2.45) is 22.2 Å². The molecule has 0 saturated carbocycles. The number of hydrogen-bond donors (Lipinski definition) is 9. The van der Waals surface area contributed by atoms with Gasteiger partial charge in [0.2, 0.25) is 17.7 Å². The smallest absolute Gasteiger partial charge is 0.326 e. The zero-order valence-corrected chi connectivity index (χ0v) is 25.1. The summed E-state index contributed by atoms with van der Waals surface area (Å²) in [6.07, 6.45) is 1.41. The zero-order chi connectivity index (χ0) is 33.6. The number of nitrogens with two attached hydrogens (primary N) is 3. The number of aromatic nitrogens is 1. The number of nitrogens with zero attached hydrogens (tertiary/aromatic N) is 1. The van der Waals surface area contributed by atoms with Crippen LogP contribution in [0.15, 0.2) is 65.8 Å². The summed E-state index contributed by atoms with van der Waals surface area (Å²) in [5, 5.41) is 27.0. The molecule has 0 aliphatic heterocycles. The van der Waals surface area contributed by atoms with E-state index in [0.717, 1.165) is 22.0 Å². The molecular formula is C31H40N8O7. The number of benzene rings is 2. The Morgan fingerprint density at radius 1 is 0.783 bits per heavy atom. The van der Waals surface area contributed by atoms with Crippen molar-refractivity contribution in [2.75, 3.05) is 6.54 Å². The lowest BCUT2D eigenvalue weighted by atomic mass is 10.0. The van der Waals surface area contributed by atoms with Crippen LogP contribution in [0.2, 0.25) is 0 Å². The molecule has 246 valence electrons. The minimum absolute atomic E-state index is 0.00566. The van der Waals surface area contributed by atoms with E-state index in [0.29, 0.717) is 0 Å². The lowest BCUT2D eigenvalue weighted by Gasteiger charge is -2.25. The highest BCUT2D eigenvalue weighted by Crippen LogP contribution is 2.19. The lowest BCUT2D eigenvalue weighted by Crippen LogP contribution is -2.57. The second-order valence-corrected chi connectivity index (χ2v) is 10.8. The number of aliphatic imine (C=N–C) groups is 1. The number of aromatic amines is 1. The van der Waals surface area contributed by atoms with Gasteiger partial charge in [-0.25, -0.2) is 4.79 Å². The highest BCUT2D eigenvalue weighted by Gasteiger charge is 2.31. The highest BCUT2D eigenvalue weighted by atomic mass is 16.4. The topological polar surface area (TPSA) is 268 Å². The Balaban J connectivity index is 1.79. The average Bonchev–Trinajstić information content (AvgIpc) is 3.42. The molecular weight excluding hydrogens is 596 g/mol. The molecule has 0 aliphatic carbocycles. The molecule has 2 aromatic carbocycles. The summed E-state index contributed by atoms with van der Waals surface area (Å²) >= 11 is 0. The minimum atomic E-state index is -1.51. The number of nitrogens with one attached hydrogen (secondary N) is 4. The summed E-state index contributed by atoms with van der Waals surface area (Å²) in [6, 6.07) is 11.5. The van der Waals surface area contributed by atoms with Crippen LogP contribution in [0, 0.1) is 0 Å². The number of carboxylic acids is 2. The van der Waals surface area contributed by atoms with Crippen LogP contribution in [0.4, 0.5) is 0 Å². The van der Waals surface area contributed by atoms with Crippen molar-refractivity contribution in [3.63, 3.8) is 0 Å². The standard InChI is InChI=1S/C31H40N8O7/c32-21(16-19-17-36-22-10-5-4-9-20(19)22)27(42)39-25(15-18-7-2-1-3-8-18)29(44)37-23(11-6-14-35-31(33)34)28(43)38-24(30(45)46)12-13-26(40)41/h1-5,7-10,17,21,23-25,36H,6,11-16,32H2,(H,37,44)(H,38,43)(H,39,42)(H,40,41)(H,45,46)(H4,33,34,35). The number of fused-ring (bicyclic) bond motifs is 1. The molecule has 3 amide bonds. The summed E-state index contributed by atoms with van der Waals surface area (Å²) in [4.78, 5) is 69.9. The quantitative estimate of drug-likeness (QED) is 0.0501. The van der Waals surface area contributed by atoms with Gasteiger partial charge in [0.15, 0.2) is 5.96 Å². The maximum absolute atomic E-state index is 13.7. The molecule has 12 N–H and O–H groups in total. The van der Waals surface area contributed by atoms with E-state index in [2.05, 4.69) is 25.9 Å². The first-order chi connectivity index (χ1) is 21.9. The maximum Gasteiger partial charge on any atom is 0.326 e. The monoisotopic (exact) mass is 636 g/mol. The third kappa shape index (κ3) is 10.9. The molecule has 15 nitrogen and oxygen atoms in total. The van der Waals surface area contributed by atoms with Gasteiger partial charge in [0.05, 0.1) is 6.04 Å². The van der Waals surface area contributed by atoms with E-state index in [-0.39, 0.29) is 44.6 Å². The van der Waals surface area contributed by atoms with E-state index in [1.54, 1.807) is 36.5 Å². The van der Waals surface area contributed by atoms with Crippen molar-refractivity contribution >= 4 is 46.5 Å². The molecule has 0 radical (unpaired) electrons. The Bertz CT molecular complexity index is 1540. The number of carbonyl (C=O) groups excluding carboxylic acids is 3. The predicted octanol–water partition coefficient (Wildman–Crippen LogP) is -0.262. The van der Waals surface area contributed by atoms with Gasteiger partial charge in [-0.3, -0.25) is 24.2 Å². The Kier molecular flexibility index (Phi) is 13.1. The molecule has 1 aromatic heterocycles. The fraction of sp³-hybridized carbons (Fsp3) is 0.355. The van der Waals surface area contributed by atoms with Gasteiger partial charge in [0.25, 0.3) is 0 Å². The lowest BCUT2D eigenvalue weighted by molar-refractivity contribution is -0.143. The van der Waals surface area contributed by atoms with Gasteiger partial charge in [-0.2, -0.15) is 0 Å². The summed E-state index contributed by atoms with van der Waals surface area (Å²) in [6.45, 7) is 0.121. The van der Waals surface area contributed by atoms with Crippen LogP contribution in [0.5, 0.6) is 0 Å². The number of H-pyrrole nitrogens is 1. The minimum Gasteiger partial charge on any atom is -0.481 e. The number of rotatable bonds is 18. The molecule has 3 rings (SSSR count). The normalized spacial score (nSPS) is 13.5. The fourth-order valence-electron chi connectivity index (χ4n) is 4.81. The van der Waals surface area contributed by atoms with Gasteiger partial charge in [0, 0.05) is 36.5 Å². The van der Waals surface area contributed by atoms with Gasteiger partial charge < -0.3 is 48.3 Å². The first kappa shape index (κ1) is 35.0. The molecule has 0 aliphatic rings. The number of guanidine groups is 1. The van der Waals surface area contributed by atoms with E-state index in [4.69, 9.17) is 22.3 Å². The predicted molar refractivity (Wildman–Crippen MR) is 170 cm³/mol. The van der Waals surface area contributed by atoms with Gasteiger partial charge in [-0.15, -0.1) is 0 Å². The van der Waals surface area contributed by atoms with Crippen molar-refractivity contribution in [3.05, 3.63) is 71.9 Å². The van der Waals surface area contributed by atoms with Crippen molar-refractivity contribution in [1.29, 1.82) is 0 Å². The number of amides is 3. The summed E-state index contributed by atoms with van der Waals surface area (Å²) in [5.74, 6) is -4.98. The Morgan fingerprint density at radius 3 is 2.09 bits per heavy atom. The van der Waals surface area contributed by atoms with Crippen LogP contribution in [-0.4, -0.2) is 81.5 Å². The number of carbonyl (C=O) groups is 5. The molecule has 0 spiro atoms.